The van der Waals surface area contributed by atoms with Gasteiger partial charge in [-0.15, -0.1) is 0 Å². The van der Waals surface area contributed by atoms with Gasteiger partial charge >= 0.3 is 0 Å². The van der Waals surface area contributed by atoms with Crippen LogP contribution in [0, 0.1) is 0 Å². The van der Waals surface area contributed by atoms with Crippen molar-refractivity contribution in [3.63, 3.8) is 0 Å². The lowest BCUT2D eigenvalue weighted by molar-refractivity contribution is 0.768. The van der Waals surface area contributed by atoms with Crippen molar-refractivity contribution in [3.05, 3.63) is 289 Å². The molecule has 0 bridgehead atoms. The highest BCUT2D eigenvalue weighted by Crippen LogP contribution is 2.57. The van der Waals surface area contributed by atoms with Crippen molar-refractivity contribution in [2.45, 2.75) is 5.41 Å². The van der Waals surface area contributed by atoms with Crippen molar-refractivity contribution in [1.82, 2.24) is 4.57 Å². The predicted octanol–water partition coefficient (Wildman–Crippen LogP) is 17.1. The largest absolute Gasteiger partial charge is 0.310 e. The molecule has 13 rings (SSSR count). The van der Waals surface area contributed by atoms with E-state index in [1.54, 1.807) is 0 Å². The fourth-order valence-corrected chi connectivity index (χ4v) is 11.0. The minimum Gasteiger partial charge on any atom is -0.310 e. The molecule has 0 amide bonds. The molecule has 0 unspecified atom stereocenters. The molecule has 1 heterocycles. The topological polar surface area (TPSA) is 8.17 Å². The van der Waals surface area contributed by atoms with Gasteiger partial charge in [0.25, 0.3) is 0 Å². The Morgan fingerprint density at radius 3 is 1.54 bits per heavy atom. The Morgan fingerprint density at radius 1 is 0.299 bits per heavy atom. The molecule has 0 atom stereocenters. The van der Waals surface area contributed by atoms with Crippen LogP contribution < -0.4 is 4.90 Å². The van der Waals surface area contributed by atoms with Crippen molar-refractivity contribution in [2.75, 3.05) is 4.90 Å². The molecule has 314 valence electrons. The highest BCUT2D eigenvalue weighted by molar-refractivity contribution is 6.10. The molecule has 0 N–H and O–H groups in total. The number of aromatic nitrogens is 1. The molecule has 0 saturated heterocycles. The molecule has 12 aromatic rings. The molecule has 1 aromatic heterocycles. The number of rotatable bonds is 8. The van der Waals surface area contributed by atoms with Crippen LogP contribution in [0.4, 0.5) is 17.1 Å². The zero-order valence-corrected chi connectivity index (χ0v) is 36.8. The fourth-order valence-electron chi connectivity index (χ4n) is 11.0. The summed E-state index contributed by atoms with van der Waals surface area (Å²) in [5.74, 6) is 0. The van der Waals surface area contributed by atoms with Crippen molar-refractivity contribution in [2.24, 2.45) is 0 Å². The molecular formula is C65H44N2. The second-order valence-corrected chi connectivity index (χ2v) is 17.7. The third kappa shape index (κ3) is 6.26. The van der Waals surface area contributed by atoms with Gasteiger partial charge in [-0.05, 0) is 127 Å². The van der Waals surface area contributed by atoms with E-state index in [1.165, 1.54) is 82.6 Å². The summed E-state index contributed by atoms with van der Waals surface area (Å²) in [6.07, 6.45) is 0. The summed E-state index contributed by atoms with van der Waals surface area (Å²) in [4.78, 5) is 2.42. The monoisotopic (exact) mass is 852 g/mol. The summed E-state index contributed by atoms with van der Waals surface area (Å²) in [5, 5.41) is 4.97. The first-order chi connectivity index (χ1) is 33.2. The quantitative estimate of drug-likeness (QED) is 0.148. The van der Waals surface area contributed by atoms with Crippen molar-refractivity contribution < 1.29 is 0 Å². The van der Waals surface area contributed by atoms with Gasteiger partial charge < -0.3 is 9.47 Å². The van der Waals surface area contributed by atoms with Gasteiger partial charge in [0.2, 0.25) is 0 Å². The minimum atomic E-state index is -0.509. The summed E-state index contributed by atoms with van der Waals surface area (Å²) in [7, 11) is 0. The Bertz CT molecular complexity index is 3740. The number of nitrogens with zero attached hydrogens (tertiary/aromatic N) is 2. The normalized spacial score (nSPS) is 12.6. The SMILES string of the molecule is c1ccc(-c2ccc(N(c3ccc(-c4ccc5c6ccccc6n(-c6ccc7ccccc7c6)c5c4)cc3)c3ccc4c(c3)C(c3ccccc3)(c3ccccc3)c3ccccc3-4)cc2)cc1. The summed E-state index contributed by atoms with van der Waals surface area (Å²) in [5.41, 5.74) is 18.7. The van der Waals surface area contributed by atoms with E-state index >= 15 is 0 Å². The lowest BCUT2D eigenvalue weighted by Crippen LogP contribution is -2.28. The first kappa shape index (κ1) is 38.7. The first-order valence-corrected chi connectivity index (χ1v) is 23.2. The molecule has 1 aliphatic rings. The number of anilines is 3. The summed E-state index contributed by atoms with van der Waals surface area (Å²) in [6, 6.07) is 98.1. The lowest BCUT2D eigenvalue weighted by Gasteiger charge is -2.35. The molecule has 0 aliphatic heterocycles. The lowest BCUT2D eigenvalue weighted by atomic mass is 9.67. The smallest absolute Gasteiger partial charge is 0.0714 e. The average molecular weight is 853 g/mol. The van der Waals surface area contributed by atoms with Crippen molar-refractivity contribution in [1.29, 1.82) is 0 Å². The summed E-state index contributed by atoms with van der Waals surface area (Å²) >= 11 is 0. The Kier molecular flexibility index (Phi) is 9.11. The summed E-state index contributed by atoms with van der Waals surface area (Å²) in [6.45, 7) is 0. The maximum Gasteiger partial charge on any atom is 0.0714 e. The van der Waals surface area contributed by atoms with Gasteiger partial charge in [-0.2, -0.15) is 0 Å². The Morgan fingerprint density at radius 2 is 0.821 bits per heavy atom. The third-order valence-corrected chi connectivity index (χ3v) is 14.1. The Hall–Kier alpha value is -8.72. The van der Waals surface area contributed by atoms with Gasteiger partial charge in [0, 0.05) is 33.5 Å². The molecule has 1 aliphatic carbocycles. The molecule has 11 aromatic carbocycles. The van der Waals surface area contributed by atoms with Crippen molar-refractivity contribution in [3.8, 4) is 39.1 Å². The third-order valence-electron chi connectivity index (χ3n) is 14.1. The number of fused-ring (bicyclic) bond motifs is 7. The predicted molar refractivity (Wildman–Crippen MR) is 281 cm³/mol. The highest BCUT2D eigenvalue weighted by atomic mass is 15.1. The molecule has 2 nitrogen and oxygen atoms in total. The maximum absolute atomic E-state index is 2.45. The number of hydrogen-bond donors (Lipinski definition) is 0. The van der Waals surface area contributed by atoms with Crippen LogP contribution in [0.2, 0.25) is 0 Å². The molecule has 0 spiro atoms. The van der Waals surface area contributed by atoms with Gasteiger partial charge in [0.15, 0.2) is 0 Å². The van der Waals surface area contributed by atoms with Crippen LogP contribution in [0.5, 0.6) is 0 Å². The Balaban J connectivity index is 0.965. The van der Waals surface area contributed by atoms with Gasteiger partial charge in [-0.25, -0.2) is 0 Å². The van der Waals surface area contributed by atoms with Crippen LogP contribution in [0.1, 0.15) is 22.3 Å². The van der Waals surface area contributed by atoms with Crippen LogP contribution in [0.3, 0.4) is 0 Å². The van der Waals surface area contributed by atoms with E-state index in [-0.39, 0.29) is 0 Å². The van der Waals surface area contributed by atoms with Crippen LogP contribution >= 0.6 is 0 Å². The number of benzene rings is 11. The molecule has 2 heteroatoms. The number of para-hydroxylation sites is 1. The highest BCUT2D eigenvalue weighted by Gasteiger charge is 2.46. The van der Waals surface area contributed by atoms with Crippen LogP contribution in [-0.2, 0) is 5.41 Å². The van der Waals surface area contributed by atoms with E-state index in [1.807, 2.05) is 0 Å². The van der Waals surface area contributed by atoms with E-state index in [2.05, 4.69) is 276 Å². The number of hydrogen-bond acceptors (Lipinski definition) is 1. The van der Waals surface area contributed by atoms with Crippen LogP contribution in [0.25, 0.3) is 71.6 Å². The zero-order valence-electron chi connectivity index (χ0n) is 36.8. The molecular weight excluding hydrogens is 809 g/mol. The van der Waals surface area contributed by atoms with Gasteiger partial charge in [0.05, 0.1) is 16.4 Å². The van der Waals surface area contributed by atoms with E-state index in [0.29, 0.717) is 0 Å². The van der Waals surface area contributed by atoms with E-state index < -0.39 is 5.41 Å². The maximum atomic E-state index is 2.45. The average Bonchev–Trinajstić information content (AvgIpc) is 3.90. The van der Waals surface area contributed by atoms with E-state index in [9.17, 15) is 0 Å². The molecule has 0 fully saturated rings. The van der Waals surface area contributed by atoms with E-state index in [4.69, 9.17) is 0 Å². The fraction of sp³-hybridized carbons (Fsp3) is 0.0154. The Labute approximate surface area is 390 Å². The minimum absolute atomic E-state index is 0.509. The van der Waals surface area contributed by atoms with Gasteiger partial charge in [-0.1, -0.05) is 206 Å². The summed E-state index contributed by atoms with van der Waals surface area (Å²) < 4.78 is 2.42. The van der Waals surface area contributed by atoms with Crippen molar-refractivity contribution >= 4 is 49.6 Å². The molecule has 0 radical (unpaired) electrons. The van der Waals surface area contributed by atoms with Gasteiger partial charge in [-0.3, -0.25) is 0 Å². The zero-order chi connectivity index (χ0) is 44.3. The van der Waals surface area contributed by atoms with Crippen LogP contribution in [0.15, 0.2) is 267 Å². The molecule has 0 saturated carbocycles. The molecule has 67 heavy (non-hydrogen) atoms. The van der Waals surface area contributed by atoms with Crippen LogP contribution in [-0.4, -0.2) is 4.57 Å². The second kappa shape index (κ2) is 15.8. The van der Waals surface area contributed by atoms with Gasteiger partial charge in [0.1, 0.15) is 0 Å². The van der Waals surface area contributed by atoms with E-state index in [0.717, 1.165) is 28.3 Å². The second-order valence-electron chi connectivity index (χ2n) is 17.7. The standard InChI is InChI=1S/C65H44N2/c1-4-16-45(17-5-1)47-28-34-53(35-29-47)66(56-39-41-58-57-24-12-14-26-61(57)65(62(58)44-56,51-20-6-2-7-21-51)52-22-8-3-9-23-52)54-36-30-48(31-37-54)50-33-40-60-59-25-13-15-27-63(59)67(64(60)43-50)55-38-32-46-18-10-11-19-49(46)42-55/h1-44H. The first-order valence-electron chi connectivity index (χ1n) is 23.2.